The van der Waals surface area contributed by atoms with Crippen molar-refractivity contribution < 1.29 is 19.5 Å². The summed E-state index contributed by atoms with van der Waals surface area (Å²) in [4.78, 5) is 40.9. The summed E-state index contributed by atoms with van der Waals surface area (Å²) in [5.41, 5.74) is -0.0438. The lowest BCUT2D eigenvalue weighted by Gasteiger charge is -2.33. The SMILES string of the molecule is O=C(c1ccccc1)N1CCC(C(=O)N2C[C@@H]3CCC[C@@]3(C(=O)O)C2)CC1. The third-order valence-corrected chi connectivity index (χ3v) is 6.76. The molecule has 2 atom stereocenters. The van der Waals surface area contributed by atoms with Crippen LogP contribution in [0.4, 0.5) is 0 Å². The van der Waals surface area contributed by atoms with Gasteiger partial charge in [-0.3, -0.25) is 14.4 Å². The lowest BCUT2D eigenvalue weighted by atomic mass is 9.81. The van der Waals surface area contributed by atoms with Crippen LogP contribution in [0.25, 0.3) is 0 Å². The average Bonchev–Trinajstić information content (AvgIpc) is 3.26. The molecule has 6 heteroatoms. The van der Waals surface area contributed by atoms with Gasteiger partial charge in [0.15, 0.2) is 0 Å². The topological polar surface area (TPSA) is 77.9 Å². The van der Waals surface area contributed by atoms with Crippen LogP contribution in [0.2, 0.25) is 0 Å². The molecule has 0 aromatic heterocycles. The number of piperidine rings is 1. The molecule has 2 aliphatic heterocycles. The van der Waals surface area contributed by atoms with Crippen LogP contribution in [0, 0.1) is 17.3 Å². The Morgan fingerprint density at radius 3 is 2.33 bits per heavy atom. The predicted octanol–water partition coefficient (Wildman–Crippen LogP) is 2.25. The molecule has 1 aromatic carbocycles. The molecule has 2 heterocycles. The fraction of sp³-hybridized carbons (Fsp3) is 0.571. The molecule has 1 N–H and O–H groups in total. The van der Waals surface area contributed by atoms with Gasteiger partial charge in [0, 0.05) is 37.7 Å². The van der Waals surface area contributed by atoms with Gasteiger partial charge < -0.3 is 14.9 Å². The van der Waals surface area contributed by atoms with E-state index in [1.54, 1.807) is 4.90 Å². The van der Waals surface area contributed by atoms with Gasteiger partial charge in [0.05, 0.1) is 5.41 Å². The number of likely N-dealkylation sites (tertiary alicyclic amines) is 2. The van der Waals surface area contributed by atoms with Crippen molar-refractivity contribution in [3.63, 3.8) is 0 Å². The summed E-state index contributed by atoms with van der Waals surface area (Å²) in [6.45, 7) is 2.08. The van der Waals surface area contributed by atoms with Crippen LogP contribution in [0.15, 0.2) is 30.3 Å². The number of amides is 2. The molecule has 27 heavy (non-hydrogen) atoms. The van der Waals surface area contributed by atoms with E-state index in [0.717, 1.165) is 12.8 Å². The van der Waals surface area contributed by atoms with E-state index in [2.05, 4.69) is 0 Å². The number of fused-ring (bicyclic) bond motifs is 1. The minimum absolute atomic E-state index is 0.0158. The number of hydrogen-bond donors (Lipinski definition) is 1. The Morgan fingerprint density at radius 2 is 1.70 bits per heavy atom. The van der Waals surface area contributed by atoms with Gasteiger partial charge in [-0.05, 0) is 43.7 Å². The molecule has 0 spiro atoms. The first-order chi connectivity index (χ1) is 13.0. The monoisotopic (exact) mass is 370 g/mol. The van der Waals surface area contributed by atoms with E-state index in [4.69, 9.17) is 0 Å². The summed E-state index contributed by atoms with van der Waals surface area (Å²) in [6.07, 6.45) is 3.83. The zero-order valence-corrected chi connectivity index (χ0v) is 15.5. The number of carboxylic acid groups (broad SMARTS) is 1. The highest BCUT2D eigenvalue weighted by molar-refractivity contribution is 5.94. The van der Waals surface area contributed by atoms with Crippen molar-refractivity contribution in [3.05, 3.63) is 35.9 Å². The van der Waals surface area contributed by atoms with E-state index in [1.165, 1.54) is 0 Å². The lowest BCUT2D eigenvalue weighted by Crippen LogP contribution is -2.45. The van der Waals surface area contributed by atoms with Gasteiger partial charge in [0.2, 0.25) is 5.91 Å². The largest absolute Gasteiger partial charge is 0.481 e. The zero-order chi connectivity index (χ0) is 19.0. The molecular formula is C21H26N2O4. The maximum atomic E-state index is 13.0. The fourth-order valence-corrected chi connectivity index (χ4v) is 5.16. The van der Waals surface area contributed by atoms with Crippen LogP contribution in [0.5, 0.6) is 0 Å². The summed E-state index contributed by atoms with van der Waals surface area (Å²) in [5, 5.41) is 9.71. The highest BCUT2D eigenvalue weighted by Gasteiger charge is 2.56. The van der Waals surface area contributed by atoms with Crippen molar-refractivity contribution in [2.45, 2.75) is 32.1 Å². The summed E-state index contributed by atoms with van der Waals surface area (Å²) in [5.74, 6) is -0.657. The van der Waals surface area contributed by atoms with Gasteiger partial charge in [0.25, 0.3) is 5.91 Å². The van der Waals surface area contributed by atoms with Gasteiger partial charge in [-0.25, -0.2) is 0 Å². The van der Waals surface area contributed by atoms with Crippen molar-refractivity contribution >= 4 is 17.8 Å². The second kappa shape index (κ2) is 6.98. The highest BCUT2D eigenvalue weighted by Crippen LogP contribution is 2.49. The summed E-state index contributed by atoms with van der Waals surface area (Å²) in [6, 6.07) is 9.22. The third kappa shape index (κ3) is 3.11. The molecule has 2 amide bonds. The van der Waals surface area contributed by atoms with Crippen molar-refractivity contribution in [1.29, 1.82) is 0 Å². The van der Waals surface area contributed by atoms with E-state index in [1.807, 2.05) is 35.2 Å². The summed E-state index contributed by atoms with van der Waals surface area (Å²) >= 11 is 0. The Kier molecular flexibility index (Phi) is 4.66. The number of hydrogen-bond acceptors (Lipinski definition) is 3. The number of carbonyl (C=O) groups is 3. The first-order valence-corrected chi connectivity index (χ1v) is 9.88. The molecule has 0 unspecified atom stereocenters. The van der Waals surface area contributed by atoms with E-state index in [-0.39, 0.29) is 23.7 Å². The Labute approximate surface area is 159 Å². The number of benzene rings is 1. The second-order valence-corrected chi connectivity index (χ2v) is 8.20. The number of rotatable bonds is 3. The van der Waals surface area contributed by atoms with Crippen LogP contribution in [-0.4, -0.2) is 58.9 Å². The smallest absolute Gasteiger partial charge is 0.311 e. The number of aliphatic carboxylic acids is 1. The van der Waals surface area contributed by atoms with Crippen LogP contribution < -0.4 is 0 Å². The van der Waals surface area contributed by atoms with Crippen LogP contribution >= 0.6 is 0 Å². The fourth-order valence-electron chi connectivity index (χ4n) is 5.16. The van der Waals surface area contributed by atoms with E-state index >= 15 is 0 Å². The van der Waals surface area contributed by atoms with Crippen LogP contribution in [0.1, 0.15) is 42.5 Å². The molecule has 0 bridgehead atoms. The summed E-state index contributed by atoms with van der Waals surface area (Å²) in [7, 11) is 0. The van der Waals surface area contributed by atoms with Gasteiger partial charge in [-0.2, -0.15) is 0 Å². The Bertz CT molecular complexity index is 742. The van der Waals surface area contributed by atoms with Gasteiger partial charge >= 0.3 is 5.97 Å². The van der Waals surface area contributed by atoms with E-state index in [0.29, 0.717) is 51.0 Å². The minimum Gasteiger partial charge on any atom is -0.481 e. The predicted molar refractivity (Wildman–Crippen MR) is 99.1 cm³/mol. The van der Waals surface area contributed by atoms with Crippen LogP contribution in [0.3, 0.4) is 0 Å². The standard InChI is InChI=1S/C21H26N2O4/c24-18(15-5-2-1-3-6-15)22-11-8-16(9-12-22)19(25)23-13-17-7-4-10-21(17,14-23)20(26)27/h1-3,5-6,16-17H,4,7-14H2,(H,26,27)/t17-,21+/m0/s1. The Morgan fingerprint density at radius 1 is 1.00 bits per heavy atom. The molecule has 3 aliphatic rings. The molecule has 4 rings (SSSR count). The molecule has 6 nitrogen and oxygen atoms in total. The van der Waals surface area contributed by atoms with E-state index in [9.17, 15) is 19.5 Å². The molecule has 1 aromatic rings. The van der Waals surface area contributed by atoms with Crippen LogP contribution in [-0.2, 0) is 9.59 Å². The number of nitrogens with zero attached hydrogens (tertiary/aromatic N) is 2. The molecule has 0 radical (unpaired) electrons. The average molecular weight is 370 g/mol. The maximum absolute atomic E-state index is 13.0. The zero-order valence-electron chi connectivity index (χ0n) is 15.5. The minimum atomic E-state index is -0.747. The first kappa shape index (κ1) is 18.0. The summed E-state index contributed by atoms with van der Waals surface area (Å²) < 4.78 is 0. The second-order valence-electron chi connectivity index (χ2n) is 8.20. The third-order valence-electron chi connectivity index (χ3n) is 6.76. The highest BCUT2D eigenvalue weighted by atomic mass is 16.4. The van der Waals surface area contributed by atoms with Crippen molar-refractivity contribution in [3.8, 4) is 0 Å². The first-order valence-electron chi connectivity index (χ1n) is 9.88. The Hall–Kier alpha value is -2.37. The number of carboxylic acids is 1. The Balaban J connectivity index is 1.36. The van der Waals surface area contributed by atoms with Gasteiger partial charge in [0.1, 0.15) is 0 Å². The van der Waals surface area contributed by atoms with Crippen molar-refractivity contribution in [1.82, 2.24) is 9.80 Å². The molecule has 2 saturated heterocycles. The maximum Gasteiger partial charge on any atom is 0.311 e. The number of carbonyl (C=O) groups excluding carboxylic acids is 2. The quantitative estimate of drug-likeness (QED) is 0.885. The lowest BCUT2D eigenvalue weighted by molar-refractivity contribution is -0.149. The van der Waals surface area contributed by atoms with Gasteiger partial charge in [-0.15, -0.1) is 0 Å². The van der Waals surface area contributed by atoms with Crippen molar-refractivity contribution in [2.24, 2.45) is 17.3 Å². The molecule has 144 valence electrons. The molecular weight excluding hydrogens is 344 g/mol. The van der Waals surface area contributed by atoms with Gasteiger partial charge in [-0.1, -0.05) is 24.6 Å². The van der Waals surface area contributed by atoms with Crippen molar-refractivity contribution in [2.75, 3.05) is 26.2 Å². The normalized spacial score (nSPS) is 28.2. The van der Waals surface area contributed by atoms with E-state index < -0.39 is 11.4 Å². The molecule has 1 saturated carbocycles. The molecule has 1 aliphatic carbocycles. The molecule has 3 fully saturated rings.